The van der Waals surface area contributed by atoms with Crippen LogP contribution in [0.2, 0.25) is 0 Å². The van der Waals surface area contributed by atoms with Gasteiger partial charge in [0.15, 0.2) is 0 Å². The maximum atomic E-state index is 6.72. The first-order valence-electron chi connectivity index (χ1n) is 11.1. The highest BCUT2D eigenvalue weighted by molar-refractivity contribution is 5.85. The Hall–Kier alpha value is -2.10. The highest BCUT2D eigenvalue weighted by Crippen LogP contribution is 2.51. The van der Waals surface area contributed by atoms with Crippen molar-refractivity contribution in [3.8, 4) is 0 Å². The van der Waals surface area contributed by atoms with E-state index >= 15 is 0 Å². The van der Waals surface area contributed by atoms with Gasteiger partial charge in [0.05, 0.1) is 11.8 Å². The Morgan fingerprint density at radius 1 is 1.00 bits per heavy atom. The normalized spacial score (nSPS) is 28.0. The molecular weight excluding hydrogens is 356 g/mol. The lowest BCUT2D eigenvalue weighted by atomic mass is 9.71. The number of hydrogen-bond donors (Lipinski definition) is 1. The van der Waals surface area contributed by atoms with Crippen molar-refractivity contribution in [2.45, 2.75) is 56.8 Å². The maximum Gasteiger partial charge on any atom is 0.108 e. The van der Waals surface area contributed by atoms with Gasteiger partial charge in [-0.1, -0.05) is 48.5 Å². The van der Waals surface area contributed by atoms with Crippen molar-refractivity contribution in [1.29, 1.82) is 0 Å². The zero-order valence-electron chi connectivity index (χ0n) is 17.8. The van der Waals surface area contributed by atoms with Crippen LogP contribution in [-0.2, 0) is 16.8 Å². The molecule has 2 heterocycles. The highest BCUT2D eigenvalue weighted by atomic mass is 16.5. The van der Waals surface area contributed by atoms with Crippen molar-refractivity contribution in [2.75, 3.05) is 14.1 Å². The average Bonchev–Trinajstić information content (AvgIpc) is 3.10. The summed E-state index contributed by atoms with van der Waals surface area (Å²) < 4.78 is 6.72. The molecule has 2 atom stereocenters. The van der Waals surface area contributed by atoms with Crippen LogP contribution >= 0.6 is 0 Å². The zero-order valence-corrected chi connectivity index (χ0v) is 17.8. The predicted molar refractivity (Wildman–Crippen MR) is 119 cm³/mol. The number of H-pyrrole nitrogens is 1. The minimum absolute atomic E-state index is 0.143. The minimum atomic E-state index is -0.143. The van der Waals surface area contributed by atoms with E-state index in [1.165, 1.54) is 40.6 Å². The molecule has 152 valence electrons. The molecule has 3 nitrogen and oxygen atoms in total. The molecule has 0 amide bonds. The summed E-state index contributed by atoms with van der Waals surface area (Å²) in [5.41, 5.74) is 5.40. The maximum absolute atomic E-state index is 6.72. The molecule has 1 aliphatic heterocycles. The van der Waals surface area contributed by atoms with E-state index in [1.54, 1.807) is 0 Å². The fraction of sp³-hybridized carbons (Fsp3) is 0.462. The van der Waals surface area contributed by atoms with Crippen molar-refractivity contribution in [3.05, 3.63) is 71.4 Å². The molecule has 0 radical (unpaired) electrons. The van der Waals surface area contributed by atoms with Crippen LogP contribution in [-0.4, -0.2) is 30.1 Å². The molecule has 2 unspecified atom stereocenters. The molecule has 3 aromatic rings. The molecule has 0 bridgehead atoms. The molecule has 3 heteroatoms. The molecule has 2 aliphatic rings. The topological polar surface area (TPSA) is 28.3 Å². The first-order chi connectivity index (χ1) is 14.1. The van der Waals surface area contributed by atoms with Gasteiger partial charge < -0.3 is 14.6 Å². The number of aromatic amines is 1. The fourth-order valence-electron chi connectivity index (χ4n) is 6.01. The quantitative estimate of drug-likeness (QED) is 0.612. The molecular formula is C26H32N2O. The summed E-state index contributed by atoms with van der Waals surface area (Å²) in [5, 5.41) is 1.38. The van der Waals surface area contributed by atoms with Gasteiger partial charge >= 0.3 is 0 Å². The summed E-state index contributed by atoms with van der Waals surface area (Å²) >= 11 is 0. The highest BCUT2D eigenvalue weighted by Gasteiger charge is 2.46. The molecule has 0 saturated heterocycles. The molecule has 1 saturated carbocycles. The molecule has 5 rings (SSSR count). The third-order valence-corrected chi connectivity index (χ3v) is 7.17. The Kier molecular flexibility index (Phi) is 4.76. The van der Waals surface area contributed by atoms with Crippen molar-refractivity contribution < 1.29 is 4.74 Å². The third-order valence-electron chi connectivity index (χ3n) is 7.17. The van der Waals surface area contributed by atoms with Crippen molar-refractivity contribution in [2.24, 2.45) is 5.92 Å². The van der Waals surface area contributed by atoms with Gasteiger partial charge in [0, 0.05) is 23.4 Å². The SMILES string of the molecule is CC1Cc2c([nH]c3ccccc23)C2(CCC(C(c3ccccc3)N(C)C)CC2)O1. The van der Waals surface area contributed by atoms with Crippen LogP contribution in [0.5, 0.6) is 0 Å². The molecule has 1 spiro atoms. The van der Waals surface area contributed by atoms with E-state index < -0.39 is 0 Å². The van der Waals surface area contributed by atoms with Crippen molar-refractivity contribution in [3.63, 3.8) is 0 Å². The smallest absolute Gasteiger partial charge is 0.108 e. The monoisotopic (exact) mass is 388 g/mol. The van der Waals surface area contributed by atoms with E-state index in [-0.39, 0.29) is 11.7 Å². The van der Waals surface area contributed by atoms with E-state index in [1.807, 2.05) is 0 Å². The molecule has 2 aromatic carbocycles. The summed E-state index contributed by atoms with van der Waals surface area (Å²) in [6.07, 6.45) is 5.86. The van der Waals surface area contributed by atoms with Gasteiger partial charge in [-0.05, 0) is 69.8 Å². The number of benzene rings is 2. The van der Waals surface area contributed by atoms with Crippen molar-refractivity contribution in [1.82, 2.24) is 9.88 Å². The van der Waals surface area contributed by atoms with Gasteiger partial charge in [0.1, 0.15) is 5.60 Å². The number of ether oxygens (including phenoxy) is 1. The summed E-state index contributed by atoms with van der Waals surface area (Å²) in [7, 11) is 4.44. The predicted octanol–water partition coefficient (Wildman–Crippen LogP) is 5.82. The van der Waals surface area contributed by atoms with E-state index in [9.17, 15) is 0 Å². The molecule has 1 N–H and O–H groups in total. The Labute approximate surface area is 174 Å². The van der Waals surface area contributed by atoms with Gasteiger partial charge in [-0.3, -0.25) is 0 Å². The Morgan fingerprint density at radius 3 is 2.41 bits per heavy atom. The minimum Gasteiger partial charge on any atom is -0.365 e. The first kappa shape index (κ1) is 18.9. The van der Waals surface area contributed by atoms with Crippen LogP contribution in [0.1, 0.15) is 55.5 Å². The van der Waals surface area contributed by atoms with Crippen molar-refractivity contribution >= 4 is 10.9 Å². The average molecular weight is 389 g/mol. The van der Waals surface area contributed by atoms with E-state index in [4.69, 9.17) is 4.74 Å². The number of fused-ring (bicyclic) bond motifs is 4. The fourth-order valence-corrected chi connectivity index (χ4v) is 6.01. The zero-order chi connectivity index (χ0) is 20.0. The number of rotatable bonds is 3. The first-order valence-corrected chi connectivity index (χ1v) is 11.1. The Balaban J connectivity index is 1.45. The third kappa shape index (κ3) is 3.21. The Bertz CT molecular complexity index is 982. The van der Waals surface area contributed by atoms with Crippen LogP contribution in [0.15, 0.2) is 54.6 Å². The van der Waals surface area contributed by atoms with Gasteiger partial charge in [-0.25, -0.2) is 0 Å². The second-order valence-electron chi connectivity index (χ2n) is 9.31. The number of hydrogen-bond acceptors (Lipinski definition) is 2. The number of para-hydroxylation sites is 1. The van der Waals surface area contributed by atoms with E-state index in [2.05, 4.69) is 85.5 Å². The summed E-state index contributed by atoms with van der Waals surface area (Å²) in [6.45, 7) is 2.24. The molecule has 1 aromatic heterocycles. The second kappa shape index (κ2) is 7.30. The number of nitrogens with zero attached hydrogens (tertiary/aromatic N) is 1. The lowest BCUT2D eigenvalue weighted by molar-refractivity contribution is -0.135. The van der Waals surface area contributed by atoms with Crippen LogP contribution in [0.25, 0.3) is 10.9 Å². The van der Waals surface area contributed by atoms with Crippen LogP contribution in [0, 0.1) is 5.92 Å². The van der Waals surface area contributed by atoms with Crippen LogP contribution in [0.4, 0.5) is 0 Å². The molecule has 1 fully saturated rings. The van der Waals surface area contributed by atoms with Gasteiger partial charge in [-0.2, -0.15) is 0 Å². The molecule has 1 aliphatic carbocycles. The summed E-state index contributed by atoms with van der Waals surface area (Å²) in [4.78, 5) is 6.16. The summed E-state index contributed by atoms with van der Waals surface area (Å²) in [5.74, 6) is 0.659. The van der Waals surface area contributed by atoms with E-state index in [0.29, 0.717) is 12.0 Å². The lowest BCUT2D eigenvalue weighted by Crippen LogP contribution is -2.43. The molecule has 29 heavy (non-hydrogen) atoms. The van der Waals surface area contributed by atoms with Gasteiger partial charge in [-0.15, -0.1) is 0 Å². The lowest BCUT2D eigenvalue weighted by Gasteiger charge is -2.47. The Morgan fingerprint density at radius 2 is 1.69 bits per heavy atom. The number of aromatic nitrogens is 1. The van der Waals surface area contributed by atoms with Gasteiger partial charge in [0.2, 0.25) is 0 Å². The van der Waals surface area contributed by atoms with Crippen LogP contribution < -0.4 is 0 Å². The largest absolute Gasteiger partial charge is 0.365 e. The number of nitrogens with one attached hydrogen (secondary N) is 1. The van der Waals surface area contributed by atoms with E-state index in [0.717, 1.165) is 19.3 Å². The van der Waals surface area contributed by atoms with Gasteiger partial charge in [0.25, 0.3) is 0 Å². The standard InChI is InChI=1S/C26H32N2O/c1-18-17-22-21-11-7-8-12-23(21)27-25(22)26(29-18)15-13-20(14-16-26)24(28(2)3)19-9-5-4-6-10-19/h4-12,18,20,24,27H,13-17H2,1-3H3. The summed E-state index contributed by atoms with van der Waals surface area (Å²) in [6, 6.07) is 20.2. The second-order valence-corrected chi connectivity index (χ2v) is 9.31. The van der Waals surface area contributed by atoms with Crippen LogP contribution in [0.3, 0.4) is 0 Å².